The summed E-state index contributed by atoms with van der Waals surface area (Å²) in [4.78, 5) is 2.56. The molecule has 0 saturated carbocycles. The van der Waals surface area contributed by atoms with Crippen molar-refractivity contribution >= 4 is 0 Å². The number of rotatable bonds is 6. The van der Waals surface area contributed by atoms with Crippen molar-refractivity contribution in [1.29, 1.82) is 0 Å². The molecular formula is C14H29NO. The summed E-state index contributed by atoms with van der Waals surface area (Å²) in [5.74, 6) is 1.67. The van der Waals surface area contributed by atoms with Gasteiger partial charge in [-0.05, 0) is 37.6 Å². The summed E-state index contributed by atoms with van der Waals surface area (Å²) in [7, 11) is 0. The normalized spacial score (nSPS) is 23.2. The molecule has 1 heterocycles. The first-order chi connectivity index (χ1) is 7.56. The standard InChI is InChI=1S/C14H29NO/c1-5-14(6-2,11-16)10-15-8-7-13(9-15)12(3)4/h12-13,16H,5-11H2,1-4H3. The van der Waals surface area contributed by atoms with E-state index in [9.17, 15) is 5.11 Å². The Kier molecular flexibility index (Phi) is 5.26. The summed E-state index contributed by atoms with van der Waals surface area (Å²) in [6.45, 7) is 12.9. The van der Waals surface area contributed by atoms with Crippen LogP contribution in [0.5, 0.6) is 0 Å². The zero-order valence-corrected chi connectivity index (χ0v) is 11.5. The molecule has 0 aliphatic carbocycles. The van der Waals surface area contributed by atoms with Crippen molar-refractivity contribution in [2.75, 3.05) is 26.2 Å². The van der Waals surface area contributed by atoms with Gasteiger partial charge in [0.25, 0.3) is 0 Å². The molecule has 2 heteroatoms. The fraction of sp³-hybridized carbons (Fsp3) is 1.00. The van der Waals surface area contributed by atoms with Crippen LogP contribution in [0.2, 0.25) is 0 Å². The Morgan fingerprint density at radius 2 is 1.94 bits per heavy atom. The van der Waals surface area contributed by atoms with E-state index in [4.69, 9.17) is 0 Å². The molecular weight excluding hydrogens is 198 g/mol. The molecule has 0 aromatic heterocycles. The van der Waals surface area contributed by atoms with Crippen LogP contribution in [0.3, 0.4) is 0 Å². The molecule has 0 aromatic carbocycles. The molecule has 1 fully saturated rings. The third-order valence-electron chi connectivity index (χ3n) is 4.65. The quantitative estimate of drug-likeness (QED) is 0.754. The van der Waals surface area contributed by atoms with Gasteiger partial charge in [0.2, 0.25) is 0 Å². The van der Waals surface area contributed by atoms with Gasteiger partial charge in [0.1, 0.15) is 0 Å². The summed E-state index contributed by atoms with van der Waals surface area (Å²) < 4.78 is 0. The van der Waals surface area contributed by atoms with Gasteiger partial charge in [-0.25, -0.2) is 0 Å². The molecule has 2 nitrogen and oxygen atoms in total. The molecule has 0 aromatic rings. The third-order valence-corrected chi connectivity index (χ3v) is 4.65. The minimum atomic E-state index is 0.145. The molecule has 16 heavy (non-hydrogen) atoms. The Balaban J connectivity index is 2.48. The fourth-order valence-electron chi connectivity index (χ4n) is 2.77. The highest BCUT2D eigenvalue weighted by atomic mass is 16.3. The van der Waals surface area contributed by atoms with E-state index in [1.54, 1.807) is 0 Å². The topological polar surface area (TPSA) is 23.5 Å². The maximum atomic E-state index is 9.59. The maximum absolute atomic E-state index is 9.59. The molecule has 0 radical (unpaired) electrons. The lowest BCUT2D eigenvalue weighted by Crippen LogP contribution is -2.38. The largest absolute Gasteiger partial charge is 0.396 e. The fourth-order valence-corrected chi connectivity index (χ4v) is 2.77. The molecule has 1 rings (SSSR count). The third kappa shape index (κ3) is 3.21. The molecule has 1 N–H and O–H groups in total. The summed E-state index contributed by atoms with van der Waals surface area (Å²) in [6, 6.07) is 0. The average molecular weight is 227 g/mol. The number of nitrogens with zero attached hydrogens (tertiary/aromatic N) is 1. The van der Waals surface area contributed by atoms with Crippen molar-refractivity contribution in [1.82, 2.24) is 4.90 Å². The first-order valence-corrected chi connectivity index (χ1v) is 6.90. The lowest BCUT2D eigenvalue weighted by Gasteiger charge is -2.34. The molecule has 96 valence electrons. The van der Waals surface area contributed by atoms with Gasteiger partial charge < -0.3 is 10.0 Å². The monoisotopic (exact) mass is 227 g/mol. The van der Waals surface area contributed by atoms with Crippen molar-refractivity contribution in [3.63, 3.8) is 0 Å². The van der Waals surface area contributed by atoms with Crippen LogP contribution in [0.1, 0.15) is 47.0 Å². The number of hydrogen-bond donors (Lipinski definition) is 1. The van der Waals surface area contributed by atoms with Gasteiger partial charge in [0.05, 0.1) is 0 Å². The van der Waals surface area contributed by atoms with Crippen LogP contribution in [0, 0.1) is 17.3 Å². The first-order valence-electron chi connectivity index (χ1n) is 6.90. The SMILES string of the molecule is CCC(CC)(CO)CN1CCC(C(C)C)C1. The van der Waals surface area contributed by atoms with Crippen LogP contribution in [0.4, 0.5) is 0 Å². The van der Waals surface area contributed by atoms with E-state index in [1.165, 1.54) is 19.5 Å². The predicted molar refractivity (Wildman–Crippen MR) is 69.5 cm³/mol. The number of likely N-dealkylation sites (tertiary alicyclic amines) is 1. The molecule has 1 aliphatic heterocycles. The summed E-state index contributed by atoms with van der Waals surface area (Å²) in [5.41, 5.74) is 0.145. The molecule has 0 spiro atoms. The molecule has 1 aliphatic rings. The molecule has 1 saturated heterocycles. The van der Waals surface area contributed by atoms with Gasteiger partial charge in [-0.3, -0.25) is 0 Å². The second-order valence-electron chi connectivity index (χ2n) is 5.89. The van der Waals surface area contributed by atoms with E-state index in [0.29, 0.717) is 6.61 Å². The van der Waals surface area contributed by atoms with E-state index >= 15 is 0 Å². The minimum absolute atomic E-state index is 0.145. The average Bonchev–Trinajstić information content (AvgIpc) is 2.74. The number of aliphatic hydroxyl groups excluding tert-OH is 1. The number of hydrogen-bond acceptors (Lipinski definition) is 2. The van der Waals surface area contributed by atoms with Crippen molar-refractivity contribution in [3.05, 3.63) is 0 Å². The van der Waals surface area contributed by atoms with E-state index in [2.05, 4.69) is 32.6 Å². The van der Waals surface area contributed by atoms with Crippen molar-refractivity contribution in [3.8, 4) is 0 Å². The zero-order chi connectivity index (χ0) is 12.2. The maximum Gasteiger partial charge on any atom is 0.0499 e. The number of aliphatic hydroxyl groups is 1. The molecule has 0 bridgehead atoms. The smallest absolute Gasteiger partial charge is 0.0499 e. The van der Waals surface area contributed by atoms with Crippen LogP contribution < -0.4 is 0 Å². The lowest BCUT2D eigenvalue weighted by molar-refractivity contribution is 0.0727. The highest BCUT2D eigenvalue weighted by Gasteiger charge is 2.32. The van der Waals surface area contributed by atoms with Gasteiger partial charge in [0.15, 0.2) is 0 Å². The van der Waals surface area contributed by atoms with Crippen LogP contribution in [-0.4, -0.2) is 36.2 Å². The van der Waals surface area contributed by atoms with Gasteiger partial charge in [-0.1, -0.05) is 27.7 Å². The Morgan fingerprint density at radius 1 is 1.31 bits per heavy atom. The van der Waals surface area contributed by atoms with Crippen LogP contribution >= 0.6 is 0 Å². The van der Waals surface area contributed by atoms with Crippen LogP contribution in [-0.2, 0) is 0 Å². The van der Waals surface area contributed by atoms with Crippen molar-refractivity contribution < 1.29 is 5.11 Å². The van der Waals surface area contributed by atoms with E-state index in [0.717, 1.165) is 31.2 Å². The minimum Gasteiger partial charge on any atom is -0.396 e. The second-order valence-corrected chi connectivity index (χ2v) is 5.89. The Hall–Kier alpha value is -0.0800. The van der Waals surface area contributed by atoms with Crippen molar-refractivity contribution in [2.24, 2.45) is 17.3 Å². The van der Waals surface area contributed by atoms with Crippen LogP contribution in [0.25, 0.3) is 0 Å². The van der Waals surface area contributed by atoms with Gasteiger partial charge in [-0.15, -0.1) is 0 Å². The highest BCUT2D eigenvalue weighted by molar-refractivity contribution is 4.85. The van der Waals surface area contributed by atoms with Crippen molar-refractivity contribution in [2.45, 2.75) is 47.0 Å². The Labute approximate surface area is 101 Å². The zero-order valence-electron chi connectivity index (χ0n) is 11.5. The summed E-state index contributed by atoms with van der Waals surface area (Å²) >= 11 is 0. The summed E-state index contributed by atoms with van der Waals surface area (Å²) in [5, 5.41) is 9.59. The molecule has 1 unspecified atom stereocenters. The van der Waals surface area contributed by atoms with Gasteiger partial charge in [0, 0.05) is 25.1 Å². The second kappa shape index (κ2) is 6.02. The van der Waals surface area contributed by atoms with E-state index < -0.39 is 0 Å². The van der Waals surface area contributed by atoms with E-state index in [-0.39, 0.29) is 5.41 Å². The first kappa shape index (κ1) is 14.0. The predicted octanol–water partition coefficient (Wildman–Crippen LogP) is 2.76. The summed E-state index contributed by atoms with van der Waals surface area (Å²) in [6.07, 6.45) is 3.51. The molecule has 1 atom stereocenters. The highest BCUT2D eigenvalue weighted by Crippen LogP contribution is 2.31. The van der Waals surface area contributed by atoms with Gasteiger partial charge >= 0.3 is 0 Å². The van der Waals surface area contributed by atoms with Gasteiger partial charge in [-0.2, -0.15) is 0 Å². The Bertz CT molecular complexity index is 191. The lowest BCUT2D eigenvalue weighted by atomic mass is 9.82. The Morgan fingerprint density at radius 3 is 2.31 bits per heavy atom. The van der Waals surface area contributed by atoms with Crippen LogP contribution in [0.15, 0.2) is 0 Å². The van der Waals surface area contributed by atoms with E-state index in [1.807, 2.05) is 0 Å². The molecule has 0 amide bonds.